The minimum absolute atomic E-state index is 0.184. The first-order chi connectivity index (χ1) is 11.7. The first kappa shape index (κ1) is 20.5. The normalized spacial score (nSPS) is 10.7. The summed E-state index contributed by atoms with van der Waals surface area (Å²) in [6.45, 7) is 2.98. The number of benzene rings is 1. The molecule has 0 fully saturated rings. The molecule has 0 spiro atoms. The fraction of sp³-hybridized carbons (Fsp3) is 0.667. The van der Waals surface area contributed by atoms with Crippen molar-refractivity contribution >= 4 is 5.91 Å². The van der Waals surface area contributed by atoms with Gasteiger partial charge in [0, 0.05) is 13.0 Å². The van der Waals surface area contributed by atoms with E-state index in [9.17, 15) is 9.90 Å². The number of carbonyl (C=O) groups is 1. The summed E-state index contributed by atoms with van der Waals surface area (Å²) in [5.41, 5.74) is 1.20. The molecule has 24 heavy (non-hydrogen) atoms. The second kappa shape index (κ2) is 13.9. The van der Waals surface area contributed by atoms with E-state index in [1.807, 2.05) is 12.1 Å². The summed E-state index contributed by atoms with van der Waals surface area (Å²) in [7, 11) is 0. The zero-order chi connectivity index (χ0) is 17.5. The molecule has 136 valence electrons. The van der Waals surface area contributed by atoms with E-state index in [-0.39, 0.29) is 5.91 Å². The lowest BCUT2D eigenvalue weighted by molar-refractivity contribution is -0.121. The van der Waals surface area contributed by atoms with Gasteiger partial charge in [-0.15, -0.1) is 0 Å². The van der Waals surface area contributed by atoms with Crippen molar-refractivity contribution in [1.29, 1.82) is 0 Å². The predicted molar refractivity (Wildman–Crippen MR) is 101 cm³/mol. The SMILES string of the molecule is CCCCCCCCCCCC(=O)NCCCc1ccc(O)cc1. The van der Waals surface area contributed by atoms with E-state index in [4.69, 9.17) is 0 Å². The Bertz CT molecular complexity index is 428. The highest BCUT2D eigenvalue weighted by atomic mass is 16.3. The molecule has 0 radical (unpaired) electrons. The molecule has 0 aliphatic carbocycles. The van der Waals surface area contributed by atoms with Crippen molar-refractivity contribution in [3.05, 3.63) is 29.8 Å². The van der Waals surface area contributed by atoms with Gasteiger partial charge in [-0.2, -0.15) is 0 Å². The monoisotopic (exact) mass is 333 g/mol. The fourth-order valence-corrected chi connectivity index (χ4v) is 2.87. The number of phenolic OH excluding ortho intramolecular Hbond substituents is 1. The summed E-state index contributed by atoms with van der Waals surface area (Å²) in [6, 6.07) is 7.27. The first-order valence-electron chi connectivity index (χ1n) is 9.77. The lowest BCUT2D eigenvalue weighted by atomic mass is 10.1. The topological polar surface area (TPSA) is 49.3 Å². The molecule has 1 rings (SSSR count). The Morgan fingerprint density at radius 1 is 0.875 bits per heavy atom. The van der Waals surface area contributed by atoms with Gasteiger partial charge in [0.15, 0.2) is 0 Å². The molecule has 1 aromatic rings. The lowest BCUT2D eigenvalue weighted by Gasteiger charge is -2.06. The molecule has 3 nitrogen and oxygen atoms in total. The molecule has 2 N–H and O–H groups in total. The molecule has 0 aliphatic heterocycles. The van der Waals surface area contributed by atoms with Gasteiger partial charge in [0.25, 0.3) is 0 Å². The van der Waals surface area contributed by atoms with Crippen LogP contribution in [-0.2, 0) is 11.2 Å². The number of rotatable bonds is 14. The van der Waals surface area contributed by atoms with Gasteiger partial charge >= 0.3 is 0 Å². The van der Waals surface area contributed by atoms with Crippen molar-refractivity contribution < 1.29 is 9.90 Å². The highest BCUT2D eigenvalue weighted by molar-refractivity contribution is 5.75. The number of hydrogen-bond acceptors (Lipinski definition) is 2. The van der Waals surface area contributed by atoms with Crippen LogP contribution in [-0.4, -0.2) is 17.6 Å². The summed E-state index contributed by atoms with van der Waals surface area (Å²) >= 11 is 0. The van der Waals surface area contributed by atoms with Crippen LogP contribution in [0.15, 0.2) is 24.3 Å². The lowest BCUT2D eigenvalue weighted by Crippen LogP contribution is -2.24. The van der Waals surface area contributed by atoms with Crippen molar-refractivity contribution in [2.45, 2.75) is 84.0 Å². The highest BCUT2D eigenvalue weighted by Crippen LogP contribution is 2.11. The Morgan fingerprint density at radius 3 is 2.08 bits per heavy atom. The van der Waals surface area contributed by atoms with Gasteiger partial charge < -0.3 is 10.4 Å². The largest absolute Gasteiger partial charge is 0.508 e. The van der Waals surface area contributed by atoms with Crippen molar-refractivity contribution in [1.82, 2.24) is 5.32 Å². The van der Waals surface area contributed by atoms with Crippen LogP contribution in [0.4, 0.5) is 0 Å². The summed E-state index contributed by atoms with van der Waals surface area (Å²) in [5, 5.41) is 12.2. The maximum atomic E-state index is 11.8. The number of phenols is 1. The molecular formula is C21H35NO2. The summed E-state index contributed by atoms with van der Waals surface area (Å²) in [5.74, 6) is 0.483. The third kappa shape index (κ3) is 11.1. The van der Waals surface area contributed by atoms with E-state index >= 15 is 0 Å². The molecule has 1 aromatic carbocycles. The van der Waals surface area contributed by atoms with Crippen LogP contribution in [0.5, 0.6) is 5.75 Å². The Labute approximate surface area is 147 Å². The Balaban J connectivity index is 1.88. The smallest absolute Gasteiger partial charge is 0.219 e. The Morgan fingerprint density at radius 2 is 1.46 bits per heavy atom. The van der Waals surface area contributed by atoms with E-state index in [0.29, 0.717) is 12.2 Å². The third-order valence-electron chi connectivity index (χ3n) is 4.41. The van der Waals surface area contributed by atoms with Crippen molar-refractivity contribution in [3.63, 3.8) is 0 Å². The van der Waals surface area contributed by atoms with Crippen LogP contribution in [0.1, 0.15) is 83.1 Å². The van der Waals surface area contributed by atoms with Crippen molar-refractivity contribution in [2.24, 2.45) is 0 Å². The quantitative estimate of drug-likeness (QED) is 0.450. The summed E-state index contributed by atoms with van der Waals surface area (Å²) in [6.07, 6.45) is 14.1. The number of unbranched alkanes of at least 4 members (excludes halogenated alkanes) is 8. The van der Waals surface area contributed by atoms with Gasteiger partial charge in [-0.3, -0.25) is 4.79 Å². The maximum absolute atomic E-state index is 11.8. The summed E-state index contributed by atoms with van der Waals surface area (Å²) < 4.78 is 0. The second-order valence-electron chi connectivity index (χ2n) is 6.70. The molecule has 0 atom stereocenters. The maximum Gasteiger partial charge on any atom is 0.219 e. The average molecular weight is 334 g/mol. The molecule has 0 heterocycles. The van der Waals surface area contributed by atoms with E-state index in [0.717, 1.165) is 25.8 Å². The third-order valence-corrected chi connectivity index (χ3v) is 4.41. The molecule has 0 unspecified atom stereocenters. The number of hydrogen-bond donors (Lipinski definition) is 2. The van der Waals surface area contributed by atoms with E-state index in [1.165, 1.54) is 56.9 Å². The van der Waals surface area contributed by atoms with Crippen LogP contribution >= 0.6 is 0 Å². The van der Waals surface area contributed by atoms with Gasteiger partial charge in [0.05, 0.1) is 0 Å². The number of carbonyl (C=O) groups excluding carboxylic acids is 1. The van der Waals surface area contributed by atoms with Crippen LogP contribution in [0.3, 0.4) is 0 Å². The minimum Gasteiger partial charge on any atom is -0.508 e. The zero-order valence-corrected chi connectivity index (χ0v) is 15.4. The van der Waals surface area contributed by atoms with Crippen LogP contribution in [0, 0.1) is 0 Å². The molecule has 0 aromatic heterocycles. The van der Waals surface area contributed by atoms with E-state index < -0.39 is 0 Å². The predicted octanol–water partition coefficient (Wildman–Crippen LogP) is 5.36. The average Bonchev–Trinajstić information content (AvgIpc) is 2.59. The van der Waals surface area contributed by atoms with E-state index in [1.54, 1.807) is 12.1 Å². The van der Waals surface area contributed by atoms with E-state index in [2.05, 4.69) is 12.2 Å². The number of aromatic hydroxyl groups is 1. The highest BCUT2D eigenvalue weighted by Gasteiger charge is 2.01. The first-order valence-corrected chi connectivity index (χ1v) is 9.77. The van der Waals surface area contributed by atoms with Gasteiger partial charge in [0.1, 0.15) is 5.75 Å². The van der Waals surface area contributed by atoms with Gasteiger partial charge in [-0.05, 0) is 37.0 Å². The molecule has 1 amide bonds. The minimum atomic E-state index is 0.184. The van der Waals surface area contributed by atoms with Gasteiger partial charge in [-0.1, -0.05) is 70.4 Å². The number of aryl methyl sites for hydroxylation is 1. The van der Waals surface area contributed by atoms with Crippen molar-refractivity contribution in [3.8, 4) is 5.75 Å². The standard InChI is InChI=1S/C21H35NO2/c1-2-3-4-5-6-7-8-9-10-13-21(24)22-18-11-12-19-14-16-20(23)17-15-19/h14-17,23H,2-13,18H2,1H3,(H,22,24). The molecule has 3 heteroatoms. The molecule has 0 aliphatic rings. The fourth-order valence-electron chi connectivity index (χ4n) is 2.87. The van der Waals surface area contributed by atoms with Crippen LogP contribution in [0.25, 0.3) is 0 Å². The molecule has 0 bridgehead atoms. The molecule has 0 saturated heterocycles. The van der Waals surface area contributed by atoms with Crippen LogP contribution < -0.4 is 5.32 Å². The van der Waals surface area contributed by atoms with Gasteiger partial charge in [0.2, 0.25) is 5.91 Å². The number of amides is 1. The second-order valence-corrected chi connectivity index (χ2v) is 6.70. The zero-order valence-electron chi connectivity index (χ0n) is 15.4. The molecular weight excluding hydrogens is 298 g/mol. The Kier molecular flexibility index (Phi) is 11.9. The number of nitrogens with one attached hydrogen (secondary N) is 1. The van der Waals surface area contributed by atoms with Crippen molar-refractivity contribution in [2.75, 3.05) is 6.54 Å². The van der Waals surface area contributed by atoms with Crippen LogP contribution in [0.2, 0.25) is 0 Å². The summed E-state index contributed by atoms with van der Waals surface area (Å²) in [4.78, 5) is 11.8. The van der Waals surface area contributed by atoms with Gasteiger partial charge in [-0.25, -0.2) is 0 Å². The Hall–Kier alpha value is -1.51. The molecule has 0 saturated carbocycles.